The summed E-state index contributed by atoms with van der Waals surface area (Å²) in [7, 11) is 0. The van der Waals surface area contributed by atoms with E-state index in [1.165, 1.54) is 83.5 Å². The van der Waals surface area contributed by atoms with Crippen molar-refractivity contribution < 1.29 is 0 Å². The maximum absolute atomic E-state index is 6.60. The molecule has 0 aliphatic heterocycles. The zero-order chi connectivity index (χ0) is 12.6. The van der Waals surface area contributed by atoms with Gasteiger partial charge >= 0.3 is 0 Å². The van der Waals surface area contributed by atoms with Crippen LogP contribution in [0.3, 0.4) is 0 Å². The molecule has 2 aliphatic carbocycles. The second-order valence-electron chi connectivity index (χ2n) is 6.36. The highest BCUT2D eigenvalue weighted by atomic mass is 14.7. The standard InChI is InChI=1S/C17H31N/c18-17(15-11-7-3-1-4-8-12-15)16-13-9-5-2-6-10-14-16/h11,16-17H,1-10,12-14,18H2. The predicted molar refractivity (Wildman–Crippen MR) is 79.6 cm³/mol. The van der Waals surface area contributed by atoms with Crippen LogP contribution in [0.1, 0.15) is 83.5 Å². The van der Waals surface area contributed by atoms with E-state index in [1.54, 1.807) is 5.57 Å². The molecule has 1 heteroatoms. The molecule has 0 heterocycles. The van der Waals surface area contributed by atoms with Crippen LogP contribution in [0, 0.1) is 5.92 Å². The maximum atomic E-state index is 6.60. The third-order valence-electron chi connectivity index (χ3n) is 4.91. The molecule has 18 heavy (non-hydrogen) atoms. The minimum atomic E-state index is 0.376. The lowest BCUT2D eigenvalue weighted by atomic mass is 9.81. The minimum Gasteiger partial charge on any atom is -0.324 e. The molecule has 1 fully saturated rings. The molecule has 0 spiro atoms. The van der Waals surface area contributed by atoms with Crippen LogP contribution in [-0.2, 0) is 0 Å². The Balaban J connectivity index is 1.91. The summed E-state index contributed by atoms with van der Waals surface area (Å²) >= 11 is 0. The van der Waals surface area contributed by atoms with Crippen molar-refractivity contribution in [3.63, 3.8) is 0 Å². The molecule has 0 aromatic rings. The summed E-state index contributed by atoms with van der Waals surface area (Å²) in [6, 6.07) is 0.376. The lowest BCUT2D eigenvalue weighted by molar-refractivity contribution is 0.339. The fraction of sp³-hybridized carbons (Fsp3) is 0.882. The van der Waals surface area contributed by atoms with Crippen molar-refractivity contribution in [3.05, 3.63) is 11.6 Å². The van der Waals surface area contributed by atoms with Crippen molar-refractivity contribution in [1.82, 2.24) is 0 Å². The molecule has 2 N–H and O–H groups in total. The Bertz CT molecular complexity index is 248. The Morgan fingerprint density at radius 1 is 0.833 bits per heavy atom. The highest BCUT2D eigenvalue weighted by Crippen LogP contribution is 2.29. The first kappa shape index (κ1) is 14.1. The van der Waals surface area contributed by atoms with Gasteiger partial charge in [-0.1, -0.05) is 56.6 Å². The van der Waals surface area contributed by atoms with Gasteiger partial charge in [0.05, 0.1) is 0 Å². The minimum absolute atomic E-state index is 0.376. The van der Waals surface area contributed by atoms with E-state index in [-0.39, 0.29) is 0 Å². The molecule has 1 nitrogen and oxygen atoms in total. The summed E-state index contributed by atoms with van der Waals surface area (Å²) in [5.74, 6) is 0.774. The lowest BCUT2D eigenvalue weighted by Gasteiger charge is -2.28. The molecule has 1 atom stereocenters. The van der Waals surface area contributed by atoms with Crippen molar-refractivity contribution in [3.8, 4) is 0 Å². The van der Waals surface area contributed by atoms with Gasteiger partial charge in [0, 0.05) is 6.04 Å². The van der Waals surface area contributed by atoms with Crippen LogP contribution in [0.5, 0.6) is 0 Å². The topological polar surface area (TPSA) is 26.0 Å². The first-order valence-corrected chi connectivity index (χ1v) is 8.32. The van der Waals surface area contributed by atoms with E-state index < -0.39 is 0 Å². The highest BCUT2D eigenvalue weighted by Gasteiger charge is 2.21. The van der Waals surface area contributed by atoms with Gasteiger partial charge in [0.1, 0.15) is 0 Å². The number of allylic oxidation sites excluding steroid dienone is 1. The average molecular weight is 249 g/mol. The average Bonchev–Trinajstić information content (AvgIpc) is 2.27. The fourth-order valence-corrected chi connectivity index (χ4v) is 3.67. The van der Waals surface area contributed by atoms with Crippen LogP contribution >= 0.6 is 0 Å². The van der Waals surface area contributed by atoms with Crippen molar-refractivity contribution >= 4 is 0 Å². The molecule has 0 radical (unpaired) electrons. The van der Waals surface area contributed by atoms with E-state index in [2.05, 4.69) is 6.08 Å². The number of nitrogens with two attached hydrogens (primary N) is 1. The molecule has 0 saturated heterocycles. The number of rotatable bonds is 2. The molecule has 0 aromatic heterocycles. The fourth-order valence-electron chi connectivity index (χ4n) is 3.67. The molecule has 0 amide bonds. The van der Waals surface area contributed by atoms with E-state index in [4.69, 9.17) is 5.73 Å². The smallest absolute Gasteiger partial charge is 0.0282 e. The van der Waals surface area contributed by atoms with Gasteiger partial charge in [-0.05, 0) is 44.4 Å². The van der Waals surface area contributed by atoms with Gasteiger partial charge in [0.25, 0.3) is 0 Å². The number of hydrogen-bond donors (Lipinski definition) is 1. The van der Waals surface area contributed by atoms with Crippen LogP contribution in [-0.4, -0.2) is 6.04 Å². The first-order valence-electron chi connectivity index (χ1n) is 8.32. The third kappa shape index (κ3) is 4.42. The Morgan fingerprint density at radius 3 is 2.22 bits per heavy atom. The van der Waals surface area contributed by atoms with E-state index in [0.717, 1.165) is 5.92 Å². The Morgan fingerprint density at radius 2 is 1.44 bits per heavy atom. The molecule has 1 saturated carbocycles. The Labute approximate surface area is 113 Å². The van der Waals surface area contributed by atoms with E-state index in [9.17, 15) is 0 Å². The first-order chi connectivity index (χ1) is 8.88. The van der Waals surface area contributed by atoms with Crippen molar-refractivity contribution in [2.45, 2.75) is 89.5 Å². The molecule has 0 bridgehead atoms. The van der Waals surface area contributed by atoms with Crippen LogP contribution in [0.4, 0.5) is 0 Å². The lowest BCUT2D eigenvalue weighted by Crippen LogP contribution is -2.33. The van der Waals surface area contributed by atoms with Crippen LogP contribution in [0.15, 0.2) is 11.6 Å². The summed E-state index contributed by atoms with van der Waals surface area (Å²) in [6.45, 7) is 0. The van der Waals surface area contributed by atoms with E-state index in [0.29, 0.717) is 6.04 Å². The van der Waals surface area contributed by atoms with Crippen LogP contribution < -0.4 is 5.73 Å². The highest BCUT2D eigenvalue weighted by molar-refractivity contribution is 5.12. The monoisotopic (exact) mass is 249 g/mol. The zero-order valence-corrected chi connectivity index (χ0v) is 12.0. The molecule has 0 aromatic carbocycles. The molecule has 104 valence electrons. The summed E-state index contributed by atoms with van der Waals surface area (Å²) < 4.78 is 0. The molecule has 2 rings (SSSR count). The van der Waals surface area contributed by atoms with E-state index >= 15 is 0 Å². The molecule has 2 aliphatic rings. The Hall–Kier alpha value is -0.300. The maximum Gasteiger partial charge on any atom is 0.0282 e. The molecular formula is C17H31N. The summed E-state index contributed by atoms with van der Waals surface area (Å²) in [5.41, 5.74) is 8.19. The summed E-state index contributed by atoms with van der Waals surface area (Å²) in [5, 5.41) is 0. The van der Waals surface area contributed by atoms with Gasteiger partial charge in [-0.2, -0.15) is 0 Å². The normalized spacial score (nSPS) is 26.4. The molecule has 1 unspecified atom stereocenters. The van der Waals surface area contributed by atoms with Crippen molar-refractivity contribution in [2.75, 3.05) is 0 Å². The van der Waals surface area contributed by atoms with Gasteiger partial charge in [-0.15, -0.1) is 0 Å². The second-order valence-corrected chi connectivity index (χ2v) is 6.36. The SMILES string of the molecule is NC(C1=CCCCCCC1)C1CCCCCCC1. The zero-order valence-electron chi connectivity index (χ0n) is 12.0. The predicted octanol–water partition coefficient (Wildman–Crippen LogP) is 4.95. The van der Waals surface area contributed by atoms with E-state index in [1.807, 2.05) is 0 Å². The summed E-state index contributed by atoms with van der Waals surface area (Å²) in [4.78, 5) is 0. The quantitative estimate of drug-likeness (QED) is 0.688. The third-order valence-corrected chi connectivity index (χ3v) is 4.91. The van der Waals surface area contributed by atoms with Gasteiger partial charge in [-0.3, -0.25) is 0 Å². The molecular weight excluding hydrogens is 218 g/mol. The van der Waals surface area contributed by atoms with Crippen molar-refractivity contribution in [2.24, 2.45) is 11.7 Å². The van der Waals surface area contributed by atoms with Crippen LogP contribution in [0.2, 0.25) is 0 Å². The van der Waals surface area contributed by atoms with Gasteiger partial charge in [0.2, 0.25) is 0 Å². The van der Waals surface area contributed by atoms with Gasteiger partial charge < -0.3 is 5.73 Å². The van der Waals surface area contributed by atoms with Gasteiger partial charge in [-0.25, -0.2) is 0 Å². The van der Waals surface area contributed by atoms with Crippen LogP contribution in [0.25, 0.3) is 0 Å². The second kappa shape index (κ2) is 7.99. The Kier molecular flexibility index (Phi) is 6.26. The largest absolute Gasteiger partial charge is 0.324 e. The van der Waals surface area contributed by atoms with Crippen molar-refractivity contribution in [1.29, 1.82) is 0 Å². The summed E-state index contributed by atoms with van der Waals surface area (Å²) in [6.07, 6.45) is 20.5. The number of hydrogen-bond acceptors (Lipinski definition) is 1. The van der Waals surface area contributed by atoms with Gasteiger partial charge in [0.15, 0.2) is 0 Å².